The number of Topliss-reactive ketones (excluding diaryl/α,β-unsaturated/α-hetero) is 1. The van der Waals surface area contributed by atoms with Crippen molar-refractivity contribution in [1.82, 2.24) is 9.88 Å². The number of aromatic hydroxyl groups is 1. The number of carbonyl (C=O) groups is 3. The van der Waals surface area contributed by atoms with Crippen molar-refractivity contribution in [3.8, 4) is 28.7 Å². The number of allylic oxidation sites excluding steroid dienone is 2. The van der Waals surface area contributed by atoms with Crippen LogP contribution in [0.4, 0.5) is 5.69 Å². The van der Waals surface area contributed by atoms with Crippen molar-refractivity contribution in [1.29, 1.82) is 0 Å². The maximum Gasteiger partial charge on any atom is 0.312 e. The molecule has 362 valence electrons. The maximum absolute atomic E-state index is 14.8. The molecule has 4 bridgehead atoms. The Bertz CT molecular complexity index is 2640. The molecule has 3 heterocycles. The average molecular weight is 928 g/mol. The number of amides is 1. The number of aliphatic hydroxyl groups excluding tert-OH is 2. The highest BCUT2D eigenvalue weighted by Gasteiger charge is 2.50. The lowest BCUT2D eigenvalue weighted by Gasteiger charge is -2.38. The van der Waals surface area contributed by atoms with E-state index < -0.39 is 82.7 Å². The zero-order chi connectivity index (χ0) is 49.4. The fraction of sp³-hybridized carbons (Fsp3) is 0.510. The number of fused-ring (bicyclic) bond motifs is 2. The summed E-state index contributed by atoms with van der Waals surface area (Å²) in [5, 5.41) is 37.2. The molecular weight excluding hydrogens is 863 g/mol. The van der Waals surface area contributed by atoms with Crippen molar-refractivity contribution in [2.75, 3.05) is 25.6 Å². The number of aliphatic hydroxyl groups is 2. The number of rotatable bonds is 8. The molecule has 2 aromatic carbocycles. The van der Waals surface area contributed by atoms with Gasteiger partial charge in [-0.05, 0) is 59.8 Å². The van der Waals surface area contributed by atoms with Crippen LogP contribution in [0.25, 0.3) is 33.3 Å². The third-order valence-corrected chi connectivity index (χ3v) is 13.3. The lowest BCUT2D eigenvalue weighted by molar-refractivity contribution is -0.160. The third-order valence-electron chi connectivity index (χ3n) is 13.3. The summed E-state index contributed by atoms with van der Waals surface area (Å²) in [7, 11) is 1.45. The Morgan fingerprint density at radius 3 is 2.30 bits per heavy atom. The van der Waals surface area contributed by atoms with E-state index in [0.29, 0.717) is 36.5 Å². The monoisotopic (exact) mass is 927 g/mol. The number of ether oxygens (including phenoxy) is 5. The number of nitrogens with zero attached hydrogens (tertiary/aromatic N) is 2. The van der Waals surface area contributed by atoms with Gasteiger partial charge in [0.05, 0.1) is 35.5 Å². The molecule has 0 aromatic heterocycles. The molecule has 16 nitrogen and oxygen atoms in total. The van der Waals surface area contributed by atoms with Gasteiger partial charge in [0, 0.05) is 85.8 Å². The van der Waals surface area contributed by atoms with E-state index in [1.54, 1.807) is 58.0 Å². The Morgan fingerprint density at radius 2 is 1.66 bits per heavy atom. The van der Waals surface area contributed by atoms with Gasteiger partial charge in [0.15, 0.2) is 11.3 Å². The number of nitrogens with one attached hydrogen (secondary N) is 1. The number of phenols is 1. The molecule has 4 N–H and O–H groups in total. The Hall–Kier alpha value is -5.81. The van der Waals surface area contributed by atoms with Gasteiger partial charge in [-0.15, -0.1) is 0 Å². The van der Waals surface area contributed by atoms with Gasteiger partial charge < -0.3 is 48.7 Å². The summed E-state index contributed by atoms with van der Waals surface area (Å²) in [5.41, 5.74) is -0.555. The first kappa shape index (κ1) is 50.6. The van der Waals surface area contributed by atoms with Crippen molar-refractivity contribution in [2.45, 2.75) is 125 Å². The van der Waals surface area contributed by atoms with Crippen LogP contribution < -0.4 is 20.2 Å². The van der Waals surface area contributed by atoms with Gasteiger partial charge >= 0.3 is 11.8 Å². The van der Waals surface area contributed by atoms with Crippen molar-refractivity contribution in [2.24, 2.45) is 23.7 Å². The third kappa shape index (κ3) is 9.94. The molecule has 0 spiro atoms. The van der Waals surface area contributed by atoms with E-state index in [4.69, 9.17) is 33.1 Å². The maximum atomic E-state index is 14.8. The smallest absolute Gasteiger partial charge is 0.312 e. The standard InChI is InChI=1S/C51H65N3O13/c1-24(2)54(25(3)4)20-22-63-33-17-18-34-36(23-33)66-48-40(52-34)37-38-44(58)31(10)47-39(37)49(60)51(12,67-47)64-21-19-35(62-13)28(7)46(65-32(11)55)30(9)43(57)29(8)42(56)26(5)15-14-16-27(6)50(61)53-41(48)45(38)59/h14-19,21,23-26,28-30,35,42-43,46,56-58H,20,22H2,1-13H3,(H,53,61)/b15-14+,21-19+,27-16-/t26-,28+,29+,30+,35-,42-,43+,46+,51-/m0/s1. The first-order chi connectivity index (χ1) is 31.5. The largest absolute Gasteiger partial charge is 0.507 e. The molecule has 1 aliphatic carbocycles. The number of hydrogen-bond acceptors (Lipinski definition) is 15. The second kappa shape index (κ2) is 20.2. The molecular formula is C51H65N3O13. The summed E-state index contributed by atoms with van der Waals surface area (Å²) in [5.74, 6) is -6.81. The minimum absolute atomic E-state index is 0.0205. The SMILES string of the molecule is CO[C@H]1/C=C/O[C@@]2(C)Oc3c(C)c(O)c4c(=O)c(c5oc6cc(OCCN(C(C)C)C(C)C)ccc6nc-5c4c3C2=O)NC(=O)/C(C)=C\C=C\[C@H](C)[C@H](O)[C@@H](C)[C@@H](O)[C@@H](C)[C@H](OC(C)=O)[C@@H]1C. The molecule has 3 aliphatic heterocycles. The van der Waals surface area contributed by atoms with Gasteiger partial charge in [0.2, 0.25) is 5.43 Å². The van der Waals surface area contributed by atoms with E-state index in [1.807, 2.05) is 0 Å². The van der Waals surface area contributed by atoms with Gasteiger partial charge in [-0.3, -0.25) is 24.1 Å². The molecule has 0 fully saturated rings. The van der Waals surface area contributed by atoms with Crippen molar-refractivity contribution >= 4 is 45.2 Å². The molecule has 0 unspecified atom stereocenters. The fourth-order valence-electron chi connectivity index (χ4n) is 9.26. The summed E-state index contributed by atoms with van der Waals surface area (Å²) in [6.07, 6.45) is 3.60. The number of methoxy groups -OCH3 is 1. The van der Waals surface area contributed by atoms with E-state index >= 15 is 0 Å². The number of hydrogen-bond donors (Lipinski definition) is 4. The highest BCUT2D eigenvalue weighted by molar-refractivity contribution is 6.22. The Balaban J connectivity index is 1.55. The minimum Gasteiger partial charge on any atom is -0.507 e. The van der Waals surface area contributed by atoms with Crippen molar-refractivity contribution in [3.05, 3.63) is 75.7 Å². The Morgan fingerprint density at radius 1 is 0.970 bits per heavy atom. The van der Waals surface area contributed by atoms with Gasteiger partial charge in [-0.2, -0.15) is 0 Å². The van der Waals surface area contributed by atoms with Gasteiger partial charge in [-0.25, -0.2) is 4.98 Å². The number of aromatic nitrogens is 1. The number of phenolic OH excluding ortho intramolecular Hbond substituents is 1. The molecule has 0 saturated heterocycles. The Kier molecular flexibility index (Phi) is 15.3. The fourth-order valence-corrected chi connectivity index (χ4v) is 9.26. The number of carbonyl (C=O) groups excluding carboxylic acids is 3. The van der Waals surface area contributed by atoms with Gasteiger partial charge in [0.25, 0.3) is 11.7 Å². The van der Waals surface area contributed by atoms with Gasteiger partial charge in [-0.1, -0.05) is 45.9 Å². The van der Waals surface area contributed by atoms with Crippen LogP contribution in [0, 0.1) is 30.6 Å². The molecule has 67 heavy (non-hydrogen) atoms. The van der Waals surface area contributed by atoms with E-state index in [0.717, 1.165) is 0 Å². The molecule has 2 aromatic rings. The Labute approximate surface area is 390 Å². The summed E-state index contributed by atoms with van der Waals surface area (Å²) in [6, 6.07) is 5.64. The lowest BCUT2D eigenvalue weighted by atomic mass is 9.78. The van der Waals surface area contributed by atoms with E-state index in [9.17, 15) is 34.5 Å². The number of anilines is 1. The van der Waals surface area contributed by atoms with Crippen LogP contribution in [-0.4, -0.2) is 105 Å². The van der Waals surface area contributed by atoms with Crippen LogP contribution in [0.3, 0.4) is 0 Å². The lowest BCUT2D eigenvalue weighted by Crippen LogP contribution is -2.46. The van der Waals surface area contributed by atoms with Gasteiger partial charge in [0.1, 0.15) is 46.9 Å². The van der Waals surface area contributed by atoms with E-state index in [1.165, 1.54) is 53.2 Å². The van der Waals surface area contributed by atoms with Crippen LogP contribution in [0.1, 0.15) is 92.1 Å². The van der Waals surface area contributed by atoms with E-state index in [2.05, 4.69) is 37.9 Å². The molecule has 16 heteroatoms. The van der Waals surface area contributed by atoms with Crippen LogP contribution in [0.5, 0.6) is 17.2 Å². The topological polar surface area (TPSA) is 216 Å². The number of esters is 1. The summed E-state index contributed by atoms with van der Waals surface area (Å²) < 4.78 is 36.6. The second-order valence-electron chi connectivity index (χ2n) is 18.6. The van der Waals surface area contributed by atoms with Crippen LogP contribution in [-0.2, 0) is 23.8 Å². The quantitative estimate of drug-likeness (QED) is 0.0767. The number of ketones is 1. The highest BCUT2D eigenvalue weighted by Crippen LogP contribution is 2.50. The first-order valence-corrected chi connectivity index (χ1v) is 22.8. The summed E-state index contributed by atoms with van der Waals surface area (Å²) in [4.78, 5) is 63.2. The molecule has 4 aliphatic rings. The normalized spacial score (nSPS) is 28.2. The summed E-state index contributed by atoms with van der Waals surface area (Å²) in [6.45, 7) is 22.1. The number of benzene rings is 3. The second-order valence-corrected chi connectivity index (χ2v) is 18.6. The summed E-state index contributed by atoms with van der Waals surface area (Å²) >= 11 is 0. The molecule has 1 amide bonds. The molecule has 6 rings (SSSR count). The van der Waals surface area contributed by atoms with E-state index in [-0.39, 0.29) is 55.9 Å². The van der Waals surface area contributed by atoms with Crippen LogP contribution >= 0.6 is 0 Å². The highest BCUT2D eigenvalue weighted by atomic mass is 16.7. The zero-order valence-electron chi connectivity index (χ0n) is 40.6. The van der Waals surface area contributed by atoms with Crippen molar-refractivity contribution < 1.29 is 57.8 Å². The predicted molar refractivity (Wildman–Crippen MR) is 253 cm³/mol. The van der Waals surface area contributed by atoms with Crippen LogP contribution in [0.2, 0.25) is 0 Å². The molecule has 0 radical (unpaired) electrons. The molecule has 0 saturated carbocycles. The zero-order valence-corrected chi connectivity index (χ0v) is 40.6. The van der Waals surface area contributed by atoms with Crippen LogP contribution in [0.15, 0.2) is 63.6 Å². The molecule has 9 atom stereocenters. The predicted octanol–water partition coefficient (Wildman–Crippen LogP) is 7.45. The van der Waals surface area contributed by atoms with Crippen molar-refractivity contribution in [3.63, 3.8) is 0 Å². The average Bonchev–Trinajstić information content (AvgIpc) is 3.54. The first-order valence-electron chi connectivity index (χ1n) is 22.8. The minimum atomic E-state index is -2.04.